The molecule has 0 aromatic heterocycles. The van der Waals surface area contributed by atoms with Crippen molar-refractivity contribution in [2.24, 2.45) is 10.7 Å². The number of hydrogen-bond donors (Lipinski definition) is 2. The van der Waals surface area contributed by atoms with Crippen LogP contribution >= 0.6 is 35.7 Å². The average Bonchev–Trinajstić information content (AvgIpc) is 2.64. The summed E-state index contributed by atoms with van der Waals surface area (Å²) in [5.41, 5.74) is 9.46. The van der Waals surface area contributed by atoms with Gasteiger partial charge in [-0.15, -0.1) is 35.7 Å². The maximum atomic E-state index is 5.99. The number of aliphatic imine (C=N–C) groups is 1. The lowest BCUT2D eigenvalue weighted by Gasteiger charge is -2.11. The maximum Gasteiger partial charge on any atom is 0.189 e. The van der Waals surface area contributed by atoms with Gasteiger partial charge in [0.05, 0.1) is 20.8 Å². The van der Waals surface area contributed by atoms with Crippen molar-refractivity contribution in [3.8, 4) is 11.5 Å². The molecule has 0 radical (unpaired) electrons. The van der Waals surface area contributed by atoms with Gasteiger partial charge in [-0.2, -0.15) is 0 Å². The zero-order chi connectivity index (χ0) is 18.2. The van der Waals surface area contributed by atoms with Gasteiger partial charge in [-0.1, -0.05) is 18.2 Å². The van der Waals surface area contributed by atoms with E-state index in [1.807, 2.05) is 18.2 Å². The van der Waals surface area contributed by atoms with Crippen molar-refractivity contribution in [1.29, 1.82) is 0 Å². The van der Waals surface area contributed by atoms with Crippen LogP contribution in [0, 0.1) is 6.92 Å². The molecular weight excluding hydrogens is 461 g/mol. The Hall–Kier alpha value is -1.61. The molecule has 0 saturated carbocycles. The Labute approximate surface area is 176 Å². The second-order valence-electron chi connectivity index (χ2n) is 5.56. The Morgan fingerprint density at radius 3 is 2.50 bits per heavy atom. The topological polar surface area (TPSA) is 68.9 Å². The summed E-state index contributed by atoms with van der Waals surface area (Å²) in [6.07, 6.45) is 2.08. The lowest BCUT2D eigenvalue weighted by atomic mass is 10.1. The third-order valence-electron chi connectivity index (χ3n) is 3.78. The molecule has 26 heavy (non-hydrogen) atoms. The molecule has 0 amide bonds. The molecule has 0 saturated heterocycles. The standard InChI is InChI=1S/C19H25N3O2S.HI/c1-13-5-7-15(18(9-13)25-4)12-22-19(20)21-11-14-6-8-16(23-2)17(10-14)24-3;/h5-10H,11-12H2,1-4H3,(H3,20,21,22);1H. The fraction of sp³-hybridized carbons (Fsp3) is 0.316. The fourth-order valence-electron chi connectivity index (χ4n) is 2.39. The third kappa shape index (κ3) is 6.28. The molecule has 142 valence electrons. The molecule has 0 heterocycles. The quantitative estimate of drug-likeness (QED) is 0.268. The number of nitrogens with one attached hydrogen (secondary N) is 1. The van der Waals surface area contributed by atoms with Crippen LogP contribution in [0.2, 0.25) is 0 Å². The number of rotatable bonds is 7. The maximum absolute atomic E-state index is 5.99. The molecule has 0 aliphatic carbocycles. The molecular formula is C19H26IN3O2S. The third-order valence-corrected chi connectivity index (χ3v) is 4.60. The van der Waals surface area contributed by atoms with E-state index in [2.05, 4.69) is 41.7 Å². The van der Waals surface area contributed by atoms with Gasteiger partial charge in [0.15, 0.2) is 17.5 Å². The van der Waals surface area contributed by atoms with Crippen LogP contribution in [0.25, 0.3) is 0 Å². The predicted octanol–water partition coefficient (Wildman–Crippen LogP) is 3.96. The summed E-state index contributed by atoms with van der Waals surface area (Å²) in [6, 6.07) is 12.1. The summed E-state index contributed by atoms with van der Waals surface area (Å²) in [5.74, 6) is 1.80. The zero-order valence-electron chi connectivity index (χ0n) is 15.5. The highest BCUT2D eigenvalue weighted by molar-refractivity contribution is 14.0. The molecule has 7 heteroatoms. The number of benzene rings is 2. The molecule has 0 spiro atoms. The van der Waals surface area contributed by atoms with Crippen molar-refractivity contribution in [2.45, 2.75) is 24.9 Å². The van der Waals surface area contributed by atoms with Crippen LogP contribution in [0.3, 0.4) is 0 Å². The molecule has 5 nitrogen and oxygen atoms in total. The smallest absolute Gasteiger partial charge is 0.189 e. The SMILES string of the molecule is COc1ccc(CN=C(N)NCc2ccc(C)cc2SC)cc1OC.I. The molecule has 2 rings (SSSR count). The van der Waals surface area contributed by atoms with E-state index in [1.165, 1.54) is 16.0 Å². The van der Waals surface area contributed by atoms with Gasteiger partial charge >= 0.3 is 0 Å². The Balaban J connectivity index is 0.00000338. The summed E-state index contributed by atoms with van der Waals surface area (Å²) in [7, 11) is 3.23. The Bertz CT molecular complexity index is 754. The van der Waals surface area contributed by atoms with Gasteiger partial charge in [0.1, 0.15) is 0 Å². The van der Waals surface area contributed by atoms with Crippen molar-refractivity contribution in [3.05, 3.63) is 53.1 Å². The molecule has 3 N–H and O–H groups in total. The Morgan fingerprint density at radius 1 is 1.12 bits per heavy atom. The Morgan fingerprint density at radius 2 is 1.85 bits per heavy atom. The largest absolute Gasteiger partial charge is 0.493 e. The first kappa shape index (κ1) is 22.4. The Kier molecular flexibility index (Phi) is 9.64. The summed E-state index contributed by atoms with van der Waals surface area (Å²) < 4.78 is 10.5. The van der Waals surface area contributed by atoms with Gasteiger partial charge in [0.2, 0.25) is 0 Å². The number of guanidine groups is 1. The number of thioether (sulfide) groups is 1. The first-order valence-electron chi connectivity index (χ1n) is 7.95. The number of halogens is 1. The van der Waals surface area contributed by atoms with Gasteiger partial charge in [0.25, 0.3) is 0 Å². The predicted molar refractivity (Wildman–Crippen MR) is 120 cm³/mol. The lowest BCUT2D eigenvalue weighted by Crippen LogP contribution is -2.31. The first-order chi connectivity index (χ1) is 12.1. The van der Waals surface area contributed by atoms with Crippen molar-refractivity contribution in [2.75, 3.05) is 20.5 Å². The van der Waals surface area contributed by atoms with Crippen LogP contribution in [0.15, 0.2) is 46.3 Å². The zero-order valence-corrected chi connectivity index (χ0v) is 18.7. The monoisotopic (exact) mass is 487 g/mol. The second kappa shape index (κ2) is 11.2. The van der Waals surface area contributed by atoms with Gasteiger partial charge < -0.3 is 20.5 Å². The lowest BCUT2D eigenvalue weighted by molar-refractivity contribution is 0.354. The number of hydrogen-bond acceptors (Lipinski definition) is 4. The number of methoxy groups -OCH3 is 2. The first-order valence-corrected chi connectivity index (χ1v) is 9.18. The molecule has 0 unspecified atom stereocenters. The summed E-state index contributed by atoms with van der Waals surface area (Å²) in [6.45, 7) is 3.22. The van der Waals surface area contributed by atoms with E-state index in [0.717, 1.165) is 5.56 Å². The minimum atomic E-state index is 0. The van der Waals surface area contributed by atoms with E-state index in [0.29, 0.717) is 30.5 Å². The van der Waals surface area contributed by atoms with Crippen molar-refractivity contribution in [3.63, 3.8) is 0 Å². The van der Waals surface area contributed by atoms with Gasteiger partial charge in [-0.25, -0.2) is 4.99 Å². The summed E-state index contributed by atoms with van der Waals surface area (Å²) in [4.78, 5) is 5.64. The molecule has 0 bridgehead atoms. The van der Waals surface area contributed by atoms with E-state index >= 15 is 0 Å². The van der Waals surface area contributed by atoms with Crippen LogP contribution in [-0.4, -0.2) is 26.4 Å². The highest BCUT2D eigenvalue weighted by Crippen LogP contribution is 2.27. The number of aryl methyl sites for hydroxylation is 1. The van der Waals surface area contributed by atoms with Gasteiger partial charge in [-0.05, 0) is 48.1 Å². The number of nitrogens with zero attached hydrogens (tertiary/aromatic N) is 1. The van der Waals surface area contributed by atoms with Crippen molar-refractivity contribution < 1.29 is 9.47 Å². The second-order valence-corrected chi connectivity index (χ2v) is 6.41. The van der Waals surface area contributed by atoms with Crippen molar-refractivity contribution in [1.82, 2.24) is 5.32 Å². The van der Waals surface area contributed by atoms with Crippen LogP contribution in [0.1, 0.15) is 16.7 Å². The molecule has 2 aromatic rings. The summed E-state index contributed by atoms with van der Waals surface area (Å²) >= 11 is 1.73. The minimum absolute atomic E-state index is 0. The van der Waals surface area contributed by atoms with E-state index < -0.39 is 0 Å². The van der Waals surface area contributed by atoms with E-state index in [-0.39, 0.29) is 24.0 Å². The highest BCUT2D eigenvalue weighted by atomic mass is 127. The van der Waals surface area contributed by atoms with Gasteiger partial charge in [0, 0.05) is 11.4 Å². The molecule has 0 aliphatic rings. The normalized spacial score (nSPS) is 10.8. The molecule has 0 fully saturated rings. The average molecular weight is 487 g/mol. The van der Waals surface area contributed by atoms with E-state index in [1.54, 1.807) is 26.0 Å². The van der Waals surface area contributed by atoms with Crippen LogP contribution in [-0.2, 0) is 13.1 Å². The van der Waals surface area contributed by atoms with Crippen molar-refractivity contribution >= 4 is 41.7 Å². The number of nitrogens with two attached hydrogens (primary N) is 1. The fourth-order valence-corrected chi connectivity index (χ4v) is 3.10. The van der Waals surface area contributed by atoms with E-state index in [4.69, 9.17) is 15.2 Å². The number of ether oxygens (including phenoxy) is 2. The molecule has 0 atom stereocenters. The highest BCUT2D eigenvalue weighted by Gasteiger charge is 2.05. The summed E-state index contributed by atoms with van der Waals surface area (Å²) in [5, 5.41) is 3.17. The van der Waals surface area contributed by atoms with Gasteiger partial charge in [-0.3, -0.25) is 0 Å². The van der Waals surface area contributed by atoms with Crippen LogP contribution in [0.4, 0.5) is 0 Å². The molecule has 2 aromatic carbocycles. The van der Waals surface area contributed by atoms with Crippen LogP contribution in [0.5, 0.6) is 11.5 Å². The minimum Gasteiger partial charge on any atom is -0.493 e. The van der Waals surface area contributed by atoms with E-state index in [9.17, 15) is 0 Å². The molecule has 0 aliphatic heterocycles. The van der Waals surface area contributed by atoms with Crippen LogP contribution < -0.4 is 20.5 Å².